The lowest BCUT2D eigenvalue weighted by molar-refractivity contribution is -0.131. The second-order valence-electron chi connectivity index (χ2n) is 7.19. The second kappa shape index (κ2) is 9.34. The molecule has 27 heavy (non-hydrogen) atoms. The first-order valence-corrected chi connectivity index (χ1v) is 9.21. The summed E-state index contributed by atoms with van der Waals surface area (Å²) in [6.07, 6.45) is 10.3. The first kappa shape index (κ1) is 20.7. The standard InChI is InChI=1S/C18H26N4O2.CH2O2/c1-18(8-4-3-5-9-18)17(24)21-11-14-10-20-15-7-6-13(12-22(14)15)16(23)19-2;2-1-3/h3-4,10,13H,5-9,11-12H2,1-2H3,(H,19,23)(H,21,24);1H,(H,2,3). The lowest BCUT2D eigenvalue weighted by Gasteiger charge is -2.29. The fourth-order valence-corrected chi connectivity index (χ4v) is 3.61. The number of carbonyl (C=O) groups is 3. The van der Waals surface area contributed by atoms with E-state index in [4.69, 9.17) is 9.90 Å². The van der Waals surface area contributed by atoms with E-state index in [0.29, 0.717) is 13.1 Å². The smallest absolute Gasteiger partial charge is 0.290 e. The van der Waals surface area contributed by atoms with Crippen molar-refractivity contribution in [1.29, 1.82) is 0 Å². The van der Waals surface area contributed by atoms with Crippen molar-refractivity contribution in [2.24, 2.45) is 11.3 Å². The Morgan fingerprint density at radius 3 is 2.81 bits per heavy atom. The molecular weight excluding hydrogens is 348 g/mol. The minimum absolute atomic E-state index is 0.0212. The van der Waals surface area contributed by atoms with E-state index in [-0.39, 0.29) is 29.6 Å². The number of aromatic nitrogens is 2. The van der Waals surface area contributed by atoms with Crippen LogP contribution in [0, 0.1) is 11.3 Å². The van der Waals surface area contributed by atoms with Gasteiger partial charge in [-0.3, -0.25) is 14.4 Å². The fourth-order valence-electron chi connectivity index (χ4n) is 3.61. The summed E-state index contributed by atoms with van der Waals surface area (Å²) in [4.78, 5) is 37.3. The average molecular weight is 376 g/mol. The summed E-state index contributed by atoms with van der Waals surface area (Å²) in [7, 11) is 1.67. The van der Waals surface area contributed by atoms with Crippen LogP contribution < -0.4 is 10.6 Å². The van der Waals surface area contributed by atoms with E-state index >= 15 is 0 Å². The first-order valence-electron chi connectivity index (χ1n) is 9.21. The molecule has 148 valence electrons. The van der Waals surface area contributed by atoms with Gasteiger partial charge in [0.25, 0.3) is 6.47 Å². The zero-order valence-corrected chi connectivity index (χ0v) is 15.9. The molecule has 2 aliphatic rings. The molecule has 0 spiro atoms. The number of carbonyl (C=O) groups excluding carboxylic acids is 2. The van der Waals surface area contributed by atoms with Crippen LogP contribution in [0.15, 0.2) is 18.3 Å². The highest BCUT2D eigenvalue weighted by Gasteiger charge is 2.33. The third-order valence-electron chi connectivity index (χ3n) is 5.33. The van der Waals surface area contributed by atoms with Crippen molar-refractivity contribution < 1.29 is 19.5 Å². The Morgan fingerprint density at radius 2 is 2.19 bits per heavy atom. The summed E-state index contributed by atoms with van der Waals surface area (Å²) < 4.78 is 2.09. The molecule has 8 heteroatoms. The first-order chi connectivity index (χ1) is 12.9. The largest absolute Gasteiger partial charge is 0.483 e. The van der Waals surface area contributed by atoms with Crippen molar-refractivity contribution in [3.05, 3.63) is 29.9 Å². The van der Waals surface area contributed by atoms with Crippen molar-refractivity contribution in [3.63, 3.8) is 0 Å². The van der Waals surface area contributed by atoms with Gasteiger partial charge < -0.3 is 20.3 Å². The van der Waals surface area contributed by atoms with E-state index in [9.17, 15) is 9.59 Å². The van der Waals surface area contributed by atoms with Crippen molar-refractivity contribution in [1.82, 2.24) is 20.2 Å². The molecule has 2 amide bonds. The van der Waals surface area contributed by atoms with Gasteiger partial charge in [-0.15, -0.1) is 0 Å². The minimum atomic E-state index is -0.315. The molecule has 0 saturated carbocycles. The maximum atomic E-state index is 12.6. The van der Waals surface area contributed by atoms with E-state index in [1.54, 1.807) is 7.05 Å². The monoisotopic (exact) mass is 376 g/mol. The lowest BCUT2D eigenvalue weighted by atomic mass is 9.78. The summed E-state index contributed by atoms with van der Waals surface area (Å²) in [5, 5.41) is 12.7. The van der Waals surface area contributed by atoms with Crippen LogP contribution in [0.3, 0.4) is 0 Å². The van der Waals surface area contributed by atoms with Crippen LogP contribution in [0.25, 0.3) is 0 Å². The highest BCUT2D eigenvalue weighted by Crippen LogP contribution is 2.32. The predicted molar refractivity (Wildman–Crippen MR) is 99.7 cm³/mol. The Bertz CT molecular complexity index is 713. The Morgan fingerprint density at radius 1 is 1.44 bits per heavy atom. The molecule has 0 bridgehead atoms. The SMILES string of the molecule is CNC(=O)C1CCc2ncc(CNC(=O)C3(C)CC=CCC3)n2C1.O=CO. The van der Waals surface area contributed by atoms with Gasteiger partial charge in [0.05, 0.1) is 29.8 Å². The van der Waals surface area contributed by atoms with Gasteiger partial charge in [0.15, 0.2) is 0 Å². The molecule has 0 fully saturated rings. The molecule has 0 saturated heterocycles. The molecule has 1 aromatic heterocycles. The number of hydrogen-bond acceptors (Lipinski definition) is 4. The normalized spacial score (nSPS) is 23.4. The second-order valence-corrected chi connectivity index (χ2v) is 7.19. The number of carboxylic acid groups (broad SMARTS) is 1. The molecule has 0 radical (unpaired) electrons. The third kappa shape index (κ3) is 4.96. The summed E-state index contributed by atoms with van der Waals surface area (Å²) in [5.74, 6) is 1.16. The number of hydrogen-bond donors (Lipinski definition) is 3. The van der Waals surface area contributed by atoms with Gasteiger partial charge in [-0.1, -0.05) is 19.1 Å². The molecule has 3 N–H and O–H groups in total. The van der Waals surface area contributed by atoms with Crippen LogP contribution in [0.1, 0.15) is 44.1 Å². The Hall–Kier alpha value is -2.64. The van der Waals surface area contributed by atoms with Crippen LogP contribution in [0.5, 0.6) is 0 Å². The highest BCUT2D eigenvalue weighted by molar-refractivity contribution is 5.82. The van der Waals surface area contributed by atoms with Gasteiger partial charge in [-0.25, -0.2) is 4.98 Å². The van der Waals surface area contributed by atoms with E-state index in [1.165, 1.54) is 0 Å². The van der Waals surface area contributed by atoms with Crippen LogP contribution in [0.2, 0.25) is 0 Å². The highest BCUT2D eigenvalue weighted by atomic mass is 16.3. The number of amides is 2. The van der Waals surface area contributed by atoms with Crippen LogP contribution >= 0.6 is 0 Å². The van der Waals surface area contributed by atoms with E-state index < -0.39 is 0 Å². The van der Waals surface area contributed by atoms with Crippen molar-refractivity contribution in [2.75, 3.05) is 7.05 Å². The summed E-state index contributed by atoms with van der Waals surface area (Å²) in [6.45, 7) is 2.88. The van der Waals surface area contributed by atoms with E-state index in [1.807, 2.05) is 13.1 Å². The number of fused-ring (bicyclic) bond motifs is 1. The van der Waals surface area contributed by atoms with Crippen LogP contribution in [0.4, 0.5) is 0 Å². The third-order valence-corrected chi connectivity index (χ3v) is 5.33. The molecule has 8 nitrogen and oxygen atoms in total. The molecule has 2 heterocycles. The number of allylic oxidation sites excluding steroid dienone is 2. The Kier molecular flexibility index (Phi) is 7.15. The van der Waals surface area contributed by atoms with Gasteiger partial charge in [0.2, 0.25) is 11.8 Å². The number of nitrogens with zero attached hydrogens (tertiary/aromatic N) is 2. The number of imidazole rings is 1. The molecule has 1 aliphatic heterocycles. The van der Waals surface area contributed by atoms with Gasteiger partial charge in [0.1, 0.15) is 5.82 Å². The average Bonchev–Trinajstić information content (AvgIpc) is 3.09. The number of rotatable bonds is 4. The zero-order chi connectivity index (χ0) is 19.9. The summed E-state index contributed by atoms with van der Waals surface area (Å²) in [5.41, 5.74) is 0.659. The molecular formula is C19H28N4O4. The number of aryl methyl sites for hydroxylation is 1. The molecule has 1 aliphatic carbocycles. The number of nitrogens with one attached hydrogen (secondary N) is 2. The Balaban J connectivity index is 0.000000817. The molecule has 3 rings (SSSR count). The Labute approximate surface area is 159 Å². The van der Waals surface area contributed by atoms with Crippen molar-refractivity contribution in [3.8, 4) is 0 Å². The van der Waals surface area contributed by atoms with Gasteiger partial charge in [0, 0.05) is 20.0 Å². The minimum Gasteiger partial charge on any atom is -0.483 e. The van der Waals surface area contributed by atoms with Gasteiger partial charge >= 0.3 is 0 Å². The summed E-state index contributed by atoms with van der Waals surface area (Å²) in [6, 6.07) is 0. The summed E-state index contributed by atoms with van der Waals surface area (Å²) >= 11 is 0. The zero-order valence-electron chi connectivity index (χ0n) is 15.9. The van der Waals surface area contributed by atoms with E-state index in [2.05, 4.69) is 32.3 Å². The maximum Gasteiger partial charge on any atom is 0.290 e. The molecule has 1 aromatic rings. The van der Waals surface area contributed by atoms with Crippen molar-refractivity contribution >= 4 is 18.3 Å². The fraction of sp³-hybridized carbons (Fsp3) is 0.579. The van der Waals surface area contributed by atoms with E-state index in [0.717, 1.165) is 43.6 Å². The molecule has 2 unspecified atom stereocenters. The quantitative estimate of drug-likeness (QED) is 0.541. The van der Waals surface area contributed by atoms with Crippen LogP contribution in [-0.4, -0.2) is 40.0 Å². The lowest BCUT2D eigenvalue weighted by Crippen LogP contribution is -2.40. The van der Waals surface area contributed by atoms with Gasteiger partial charge in [-0.2, -0.15) is 0 Å². The topological polar surface area (TPSA) is 113 Å². The van der Waals surface area contributed by atoms with Crippen LogP contribution in [-0.2, 0) is 33.9 Å². The molecule has 0 aromatic carbocycles. The maximum absolute atomic E-state index is 12.6. The predicted octanol–water partition coefficient (Wildman–Crippen LogP) is 1.25. The molecule has 2 atom stereocenters. The van der Waals surface area contributed by atoms with Crippen molar-refractivity contribution in [2.45, 2.75) is 52.1 Å². The van der Waals surface area contributed by atoms with Gasteiger partial charge in [-0.05, 0) is 25.7 Å².